The Balaban J connectivity index is 2.43. The van der Waals surface area contributed by atoms with Crippen molar-refractivity contribution in [2.24, 2.45) is 0 Å². The molecule has 0 aliphatic carbocycles. The summed E-state index contributed by atoms with van der Waals surface area (Å²) in [6, 6.07) is 13.3. The summed E-state index contributed by atoms with van der Waals surface area (Å²) in [5, 5.41) is 2.88. The van der Waals surface area contributed by atoms with E-state index in [1.54, 1.807) is 24.3 Å². The van der Waals surface area contributed by atoms with Gasteiger partial charge in [-0.1, -0.05) is 36.8 Å². The van der Waals surface area contributed by atoms with Crippen molar-refractivity contribution in [3.05, 3.63) is 59.7 Å². The van der Waals surface area contributed by atoms with E-state index in [-0.39, 0.29) is 18.5 Å². The number of hydrogen-bond donors (Lipinski definition) is 1. The molecule has 0 saturated heterocycles. The Labute approximate surface area is 202 Å². The van der Waals surface area contributed by atoms with Gasteiger partial charge >= 0.3 is 0 Å². The Morgan fingerprint density at radius 2 is 1.74 bits per heavy atom. The highest BCUT2D eigenvalue weighted by molar-refractivity contribution is 7.92. The number of carbonyl (C=O) groups excluding carboxylic acids is 2. The highest BCUT2D eigenvalue weighted by atomic mass is 32.2. The summed E-state index contributed by atoms with van der Waals surface area (Å²) in [7, 11) is -2.26. The highest BCUT2D eigenvalue weighted by Gasteiger charge is 2.32. The zero-order valence-corrected chi connectivity index (χ0v) is 21.6. The second-order valence-electron chi connectivity index (χ2n) is 8.57. The van der Waals surface area contributed by atoms with Crippen LogP contribution in [0.15, 0.2) is 48.5 Å². The summed E-state index contributed by atoms with van der Waals surface area (Å²) in [5.74, 6) is -0.164. The number of nitrogens with one attached hydrogen (secondary N) is 1. The van der Waals surface area contributed by atoms with Gasteiger partial charge in [-0.2, -0.15) is 0 Å². The molecule has 1 atom stereocenters. The lowest BCUT2D eigenvalue weighted by Crippen LogP contribution is -2.53. The van der Waals surface area contributed by atoms with Crippen molar-refractivity contribution in [1.82, 2.24) is 10.2 Å². The number of amides is 2. The topological polar surface area (TPSA) is 96.0 Å². The Bertz CT molecular complexity index is 1080. The fourth-order valence-electron chi connectivity index (χ4n) is 3.67. The monoisotopic (exact) mass is 489 g/mol. The molecule has 1 N–H and O–H groups in total. The number of benzene rings is 2. The first kappa shape index (κ1) is 27.2. The van der Waals surface area contributed by atoms with Crippen LogP contribution in [-0.4, -0.2) is 57.1 Å². The SMILES string of the molecule is CCC(C(=O)NC(C)C)N(Cc1cccc(C)c1)C(=O)CN(c1ccc(OC)cc1)S(C)(=O)=O. The number of hydrogen-bond acceptors (Lipinski definition) is 5. The van der Waals surface area contributed by atoms with Gasteiger partial charge in [0.05, 0.1) is 19.1 Å². The second-order valence-corrected chi connectivity index (χ2v) is 10.5. The number of carbonyl (C=O) groups is 2. The molecule has 9 heteroatoms. The van der Waals surface area contributed by atoms with Crippen LogP contribution >= 0.6 is 0 Å². The van der Waals surface area contributed by atoms with Crippen molar-refractivity contribution in [2.75, 3.05) is 24.2 Å². The van der Waals surface area contributed by atoms with Gasteiger partial charge in [-0.25, -0.2) is 8.42 Å². The maximum atomic E-state index is 13.6. The molecule has 0 aromatic heterocycles. The van der Waals surface area contributed by atoms with Gasteiger partial charge in [0.1, 0.15) is 18.3 Å². The lowest BCUT2D eigenvalue weighted by atomic mass is 10.1. The average Bonchev–Trinajstić information content (AvgIpc) is 2.76. The lowest BCUT2D eigenvalue weighted by Gasteiger charge is -2.33. The number of nitrogens with zero attached hydrogens (tertiary/aromatic N) is 2. The second kappa shape index (κ2) is 11.9. The molecule has 0 bridgehead atoms. The first-order chi connectivity index (χ1) is 16.0. The molecule has 8 nitrogen and oxygen atoms in total. The van der Waals surface area contributed by atoms with Gasteiger partial charge in [0.25, 0.3) is 0 Å². The van der Waals surface area contributed by atoms with E-state index in [2.05, 4.69) is 5.32 Å². The molecule has 34 heavy (non-hydrogen) atoms. The van der Waals surface area contributed by atoms with Crippen LogP contribution in [0.3, 0.4) is 0 Å². The van der Waals surface area contributed by atoms with Gasteiger partial charge in [0, 0.05) is 12.6 Å². The van der Waals surface area contributed by atoms with Crippen molar-refractivity contribution in [2.45, 2.75) is 52.7 Å². The molecule has 2 aromatic carbocycles. The van der Waals surface area contributed by atoms with Crippen LogP contribution in [0.5, 0.6) is 5.75 Å². The van der Waals surface area contributed by atoms with E-state index in [0.29, 0.717) is 17.9 Å². The predicted octanol–water partition coefficient (Wildman–Crippen LogP) is 3.10. The standard InChI is InChI=1S/C25H35N3O5S/c1-7-23(25(30)26-18(2)3)27(16-20-10-8-9-19(4)15-20)24(29)17-28(34(6,31)32)21-11-13-22(33-5)14-12-21/h8-15,18,23H,7,16-17H2,1-6H3,(H,26,30). The molecule has 0 saturated carbocycles. The number of anilines is 1. The number of rotatable bonds is 11. The number of sulfonamides is 1. The molecule has 2 amide bonds. The third-order valence-electron chi connectivity index (χ3n) is 5.29. The Morgan fingerprint density at radius 3 is 2.24 bits per heavy atom. The molecule has 0 aliphatic heterocycles. The van der Waals surface area contributed by atoms with E-state index < -0.39 is 28.5 Å². The minimum atomic E-state index is -3.77. The minimum absolute atomic E-state index is 0.0933. The maximum absolute atomic E-state index is 13.6. The van der Waals surface area contributed by atoms with Crippen molar-refractivity contribution < 1.29 is 22.7 Å². The third kappa shape index (κ3) is 7.48. The lowest BCUT2D eigenvalue weighted by molar-refractivity contribution is -0.140. The van der Waals surface area contributed by atoms with Crippen molar-refractivity contribution in [3.8, 4) is 5.75 Å². The van der Waals surface area contributed by atoms with E-state index >= 15 is 0 Å². The van der Waals surface area contributed by atoms with E-state index in [0.717, 1.165) is 21.7 Å². The van der Waals surface area contributed by atoms with Gasteiger partial charge in [-0.05, 0) is 57.0 Å². The van der Waals surface area contributed by atoms with Crippen LogP contribution in [-0.2, 0) is 26.2 Å². The molecule has 0 fully saturated rings. The molecule has 2 aromatic rings. The molecule has 0 spiro atoms. The van der Waals surface area contributed by atoms with Crippen LogP contribution in [0.4, 0.5) is 5.69 Å². The minimum Gasteiger partial charge on any atom is -0.497 e. The van der Waals surface area contributed by atoms with Crippen molar-refractivity contribution >= 4 is 27.5 Å². The third-order valence-corrected chi connectivity index (χ3v) is 6.43. The zero-order chi connectivity index (χ0) is 25.5. The molecule has 1 unspecified atom stereocenters. The van der Waals surface area contributed by atoms with Gasteiger partial charge in [0.2, 0.25) is 21.8 Å². The Kier molecular flexibility index (Phi) is 9.49. The van der Waals surface area contributed by atoms with E-state index in [1.807, 2.05) is 52.0 Å². The maximum Gasteiger partial charge on any atom is 0.244 e. The first-order valence-electron chi connectivity index (χ1n) is 11.2. The van der Waals surface area contributed by atoms with Crippen molar-refractivity contribution in [1.29, 1.82) is 0 Å². The van der Waals surface area contributed by atoms with E-state index in [9.17, 15) is 18.0 Å². The van der Waals surface area contributed by atoms with Gasteiger partial charge < -0.3 is 15.0 Å². The van der Waals surface area contributed by atoms with Crippen LogP contribution in [0.2, 0.25) is 0 Å². The summed E-state index contributed by atoms with van der Waals surface area (Å²) < 4.78 is 31.4. The largest absolute Gasteiger partial charge is 0.497 e. The summed E-state index contributed by atoms with van der Waals surface area (Å²) in [6.07, 6.45) is 1.44. The van der Waals surface area contributed by atoms with E-state index in [1.165, 1.54) is 12.0 Å². The van der Waals surface area contributed by atoms with Gasteiger partial charge in [0.15, 0.2) is 0 Å². The molecule has 186 valence electrons. The average molecular weight is 490 g/mol. The smallest absolute Gasteiger partial charge is 0.244 e. The summed E-state index contributed by atoms with van der Waals surface area (Å²) in [5.41, 5.74) is 2.23. The molecular weight excluding hydrogens is 454 g/mol. The van der Waals surface area contributed by atoms with Crippen LogP contribution in [0.25, 0.3) is 0 Å². The van der Waals surface area contributed by atoms with E-state index in [4.69, 9.17) is 4.74 Å². The molecule has 0 aliphatic rings. The Morgan fingerprint density at radius 1 is 1.09 bits per heavy atom. The van der Waals surface area contributed by atoms with Crippen LogP contribution in [0, 0.1) is 6.92 Å². The first-order valence-corrected chi connectivity index (χ1v) is 13.1. The zero-order valence-electron chi connectivity index (χ0n) is 20.7. The van der Waals surface area contributed by atoms with Crippen LogP contribution in [0.1, 0.15) is 38.3 Å². The quantitative estimate of drug-likeness (QED) is 0.523. The number of methoxy groups -OCH3 is 1. The van der Waals surface area contributed by atoms with Crippen LogP contribution < -0.4 is 14.4 Å². The fourth-order valence-corrected chi connectivity index (χ4v) is 4.52. The highest BCUT2D eigenvalue weighted by Crippen LogP contribution is 2.22. The van der Waals surface area contributed by atoms with Gasteiger partial charge in [-0.3, -0.25) is 13.9 Å². The molecular formula is C25H35N3O5S. The van der Waals surface area contributed by atoms with Gasteiger partial charge in [-0.15, -0.1) is 0 Å². The number of aryl methyl sites for hydroxylation is 1. The summed E-state index contributed by atoms with van der Waals surface area (Å²) in [4.78, 5) is 28.0. The van der Waals surface area contributed by atoms with Crippen molar-refractivity contribution in [3.63, 3.8) is 0 Å². The Hall–Kier alpha value is -3.07. The summed E-state index contributed by atoms with van der Waals surface area (Å²) >= 11 is 0. The number of ether oxygens (including phenoxy) is 1. The molecule has 0 heterocycles. The summed E-state index contributed by atoms with van der Waals surface area (Å²) in [6.45, 7) is 7.25. The predicted molar refractivity (Wildman–Crippen MR) is 134 cm³/mol. The molecule has 0 radical (unpaired) electrons. The molecule has 2 rings (SSSR count). The normalized spacial score (nSPS) is 12.2. The fraction of sp³-hybridized carbons (Fsp3) is 0.440.